The van der Waals surface area contributed by atoms with Crippen LogP contribution in [0.5, 0.6) is 5.88 Å². The molecule has 6 heteroatoms. The molecular weight excluding hydrogens is 356 g/mol. The summed E-state index contributed by atoms with van der Waals surface area (Å²) in [6.45, 7) is 6.88. The van der Waals surface area contributed by atoms with Gasteiger partial charge in [-0.15, -0.1) is 11.3 Å². The van der Waals surface area contributed by atoms with E-state index in [1.807, 2.05) is 18.4 Å². The van der Waals surface area contributed by atoms with Crippen molar-refractivity contribution >= 4 is 21.6 Å². The fourth-order valence-electron chi connectivity index (χ4n) is 3.53. The van der Waals surface area contributed by atoms with Crippen LogP contribution in [-0.2, 0) is 6.61 Å². The van der Waals surface area contributed by atoms with Gasteiger partial charge in [0.15, 0.2) is 0 Å². The van der Waals surface area contributed by atoms with E-state index < -0.39 is 0 Å². The highest BCUT2D eigenvalue weighted by Crippen LogP contribution is 2.27. The first-order valence-electron chi connectivity index (χ1n) is 9.59. The number of piperidine rings is 1. The molecular formula is C21H26N4OS. The van der Waals surface area contributed by atoms with Crippen LogP contribution in [0.1, 0.15) is 42.8 Å². The molecule has 1 saturated heterocycles. The van der Waals surface area contributed by atoms with Crippen LogP contribution in [0.2, 0.25) is 0 Å². The van der Waals surface area contributed by atoms with E-state index in [2.05, 4.69) is 51.8 Å². The summed E-state index contributed by atoms with van der Waals surface area (Å²) in [6.07, 6.45) is 2.40. The summed E-state index contributed by atoms with van der Waals surface area (Å²) in [7, 11) is 0. The molecule has 0 aliphatic carbocycles. The molecule has 1 aliphatic rings. The molecule has 0 amide bonds. The van der Waals surface area contributed by atoms with Gasteiger partial charge in [0.05, 0.1) is 5.39 Å². The molecule has 1 aliphatic heterocycles. The third-order valence-electron chi connectivity index (χ3n) is 5.08. The lowest BCUT2D eigenvalue weighted by atomic mass is 10.0. The predicted octanol–water partition coefficient (Wildman–Crippen LogP) is 3.98. The minimum absolute atomic E-state index is 0.359. The van der Waals surface area contributed by atoms with Crippen molar-refractivity contribution in [1.29, 1.82) is 0 Å². The number of ether oxygens (including phenoxy) is 1. The molecule has 1 fully saturated rings. The van der Waals surface area contributed by atoms with Gasteiger partial charge in [-0.25, -0.2) is 4.98 Å². The Labute approximate surface area is 164 Å². The van der Waals surface area contributed by atoms with Gasteiger partial charge < -0.3 is 15.4 Å². The number of aromatic nitrogens is 2. The summed E-state index contributed by atoms with van der Waals surface area (Å²) in [5.41, 5.74) is 2.46. The van der Waals surface area contributed by atoms with E-state index in [0.717, 1.165) is 34.7 Å². The maximum atomic E-state index is 6.00. The Kier molecular flexibility index (Phi) is 5.66. The van der Waals surface area contributed by atoms with Crippen molar-refractivity contribution in [3.05, 3.63) is 52.7 Å². The minimum Gasteiger partial charge on any atom is -0.472 e. The van der Waals surface area contributed by atoms with Crippen LogP contribution in [-0.4, -0.2) is 29.1 Å². The number of hydrogen-bond acceptors (Lipinski definition) is 6. The third-order valence-corrected chi connectivity index (χ3v) is 5.89. The number of aryl methyl sites for hydroxylation is 1. The van der Waals surface area contributed by atoms with E-state index in [4.69, 9.17) is 4.74 Å². The van der Waals surface area contributed by atoms with Crippen LogP contribution in [0.4, 0.5) is 0 Å². The lowest BCUT2D eigenvalue weighted by Crippen LogP contribution is -2.40. The second-order valence-corrected chi connectivity index (χ2v) is 8.05. The van der Waals surface area contributed by atoms with Gasteiger partial charge in [-0.3, -0.25) is 0 Å². The van der Waals surface area contributed by atoms with Crippen molar-refractivity contribution in [3.63, 3.8) is 0 Å². The van der Waals surface area contributed by atoms with Crippen molar-refractivity contribution in [2.75, 3.05) is 13.1 Å². The number of nitrogens with zero attached hydrogens (tertiary/aromatic N) is 2. The maximum Gasteiger partial charge on any atom is 0.225 e. The van der Waals surface area contributed by atoms with Crippen molar-refractivity contribution in [2.24, 2.45) is 0 Å². The molecule has 27 heavy (non-hydrogen) atoms. The SMILES string of the molecule is Cc1nc(OCc2ccc(C(C)NC3CCNCC3)cc2)c2ccsc2n1. The number of thiophene rings is 1. The van der Waals surface area contributed by atoms with Crippen molar-refractivity contribution in [2.45, 2.75) is 45.4 Å². The van der Waals surface area contributed by atoms with Crippen molar-refractivity contribution in [1.82, 2.24) is 20.6 Å². The van der Waals surface area contributed by atoms with Crippen LogP contribution < -0.4 is 15.4 Å². The summed E-state index contributed by atoms with van der Waals surface area (Å²) in [5, 5.41) is 10.2. The van der Waals surface area contributed by atoms with Gasteiger partial charge in [-0.05, 0) is 62.4 Å². The van der Waals surface area contributed by atoms with E-state index in [0.29, 0.717) is 24.6 Å². The Hall–Kier alpha value is -2.02. The molecule has 5 nitrogen and oxygen atoms in total. The molecule has 1 aromatic carbocycles. The number of nitrogens with one attached hydrogen (secondary N) is 2. The first kappa shape index (κ1) is 18.3. The zero-order valence-electron chi connectivity index (χ0n) is 15.9. The molecule has 0 radical (unpaired) electrons. The van der Waals surface area contributed by atoms with Crippen molar-refractivity contribution < 1.29 is 4.74 Å². The zero-order chi connectivity index (χ0) is 18.6. The smallest absolute Gasteiger partial charge is 0.225 e. The zero-order valence-corrected chi connectivity index (χ0v) is 16.7. The fraction of sp³-hybridized carbons (Fsp3) is 0.429. The summed E-state index contributed by atoms with van der Waals surface area (Å²) in [4.78, 5) is 9.88. The highest BCUT2D eigenvalue weighted by Gasteiger charge is 2.16. The highest BCUT2D eigenvalue weighted by atomic mass is 32.1. The van der Waals surface area contributed by atoms with Gasteiger partial charge >= 0.3 is 0 Å². The third kappa shape index (κ3) is 4.46. The monoisotopic (exact) mass is 382 g/mol. The normalized spacial score (nSPS) is 16.5. The first-order chi connectivity index (χ1) is 13.2. The van der Waals surface area contributed by atoms with Crippen molar-refractivity contribution in [3.8, 4) is 5.88 Å². The van der Waals surface area contributed by atoms with Gasteiger partial charge in [0.1, 0.15) is 17.3 Å². The highest BCUT2D eigenvalue weighted by molar-refractivity contribution is 7.16. The Bertz CT molecular complexity index is 887. The average Bonchev–Trinajstić information content (AvgIpc) is 3.15. The molecule has 0 saturated carbocycles. The Morgan fingerprint density at radius 1 is 1.19 bits per heavy atom. The first-order valence-corrected chi connectivity index (χ1v) is 10.5. The van der Waals surface area contributed by atoms with Gasteiger partial charge in [-0.2, -0.15) is 4.98 Å². The Morgan fingerprint density at radius 3 is 2.74 bits per heavy atom. The second-order valence-electron chi connectivity index (χ2n) is 7.16. The molecule has 3 aromatic rings. The standard InChI is InChI=1S/C21H26N4OS/c1-14(23-18-7-10-22-11-8-18)17-5-3-16(4-6-17)13-26-20-19-9-12-27-21(19)25-15(2)24-20/h3-6,9,12,14,18,22-23H,7-8,10-11,13H2,1-2H3. The molecule has 1 unspecified atom stereocenters. The van der Waals surface area contributed by atoms with Gasteiger partial charge in [0.2, 0.25) is 5.88 Å². The van der Waals surface area contributed by atoms with E-state index in [1.54, 1.807) is 11.3 Å². The second kappa shape index (κ2) is 8.33. The maximum absolute atomic E-state index is 6.00. The van der Waals surface area contributed by atoms with Crippen LogP contribution in [0.25, 0.3) is 10.2 Å². The summed E-state index contributed by atoms with van der Waals surface area (Å²) in [5.74, 6) is 1.41. The lowest BCUT2D eigenvalue weighted by molar-refractivity contribution is 0.297. The lowest BCUT2D eigenvalue weighted by Gasteiger charge is -2.27. The van der Waals surface area contributed by atoms with Crippen LogP contribution in [0.3, 0.4) is 0 Å². The van der Waals surface area contributed by atoms with Gasteiger partial charge in [0, 0.05) is 12.1 Å². The Balaban J connectivity index is 1.38. The fourth-order valence-corrected chi connectivity index (χ4v) is 4.33. The molecule has 0 bridgehead atoms. The summed E-state index contributed by atoms with van der Waals surface area (Å²) in [6, 6.07) is 11.7. The number of rotatable bonds is 6. The van der Waals surface area contributed by atoms with E-state index in [1.165, 1.54) is 18.4 Å². The number of benzene rings is 1. The molecule has 2 N–H and O–H groups in total. The minimum atomic E-state index is 0.359. The summed E-state index contributed by atoms with van der Waals surface area (Å²) < 4.78 is 6.00. The van der Waals surface area contributed by atoms with Crippen LogP contribution in [0, 0.1) is 6.92 Å². The largest absolute Gasteiger partial charge is 0.472 e. The van der Waals surface area contributed by atoms with Crippen LogP contribution in [0.15, 0.2) is 35.7 Å². The number of hydrogen-bond donors (Lipinski definition) is 2. The van der Waals surface area contributed by atoms with E-state index in [9.17, 15) is 0 Å². The van der Waals surface area contributed by atoms with Gasteiger partial charge in [-0.1, -0.05) is 24.3 Å². The molecule has 1 atom stereocenters. The quantitative estimate of drug-likeness (QED) is 0.675. The predicted molar refractivity (Wildman–Crippen MR) is 110 cm³/mol. The molecule has 142 valence electrons. The summed E-state index contributed by atoms with van der Waals surface area (Å²) >= 11 is 1.61. The molecule has 3 heterocycles. The van der Waals surface area contributed by atoms with Gasteiger partial charge in [0.25, 0.3) is 0 Å². The molecule has 0 spiro atoms. The Morgan fingerprint density at radius 2 is 1.96 bits per heavy atom. The topological polar surface area (TPSA) is 59.1 Å². The molecule has 4 rings (SSSR count). The average molecular weight is 383 g/mol. The van der Waals surface area contributed by atoms with E-state index >= 15 is 0 Å². The van der Waals surface area contributed by atoms with Crippen LogP contribution >= 0.6 is 11.3 Å². The van der Waals surface area contributed by atoms with E-state index in [-0.39, 0.29) is 0 Å². The number of fused-ring (bicyclic) bond motifs is 1. The molecule has 2 aromatic heterocycles.